The number of fused-ring (bicyclic) bond motifs is 1. The van der Waals surface area contributed by atoms with E-state index in [0.29, 0.717) is 0 Å². The van der Waals surface area contributed by atoms with E-state index >= 15 is 0 Å². The topological polar surface area (TPSA) is 15.6 Å². The molecule has 0 bridgehead atoms. The highest BCUT2D eigenvalue weighted by Gasteiger charge is 2.24. The molecule has 1 atom stereocenters. The highest BCUT2D eigenvalue weighted by atomic mass is 35.5. The van der Waals surface area contributed by atoms with Gasteiger partial charge in [0.15, 0.2) is 0 Å². The molecule has 0 saturated heterocycles. The lowest BCUT2D eigenvalue weighted by Gasteiger charge is -2.25. The van der Waals surface area contributed by atoms with Crippen molar-refractivity contribution in [3.63, 3.8) is 0 Å². The van der Waals surface area contributed by atoms with Crippen molar-refractivity contribution in [3.8, 4) is 0 Å². The summed E-state index contributed by atoms with van der Waals surface area (Å²) in [4.78, 5) is 7.65. The highest BCUT2D eigenvalue weighted by molar-refractivity contribution is 5.85. The minimum Gasteiger partial charge on any atom is -0.352 e. The molecule has 27 heavy (non-hydrogen) atoms. The number of benzene rings is 3. The number of nitrogens with zero attached hydrogens (tertiary/aromatic N) is 2. The van der Waals surface area contributed by atoms with Crippen LogP contribution in [0, 0.1) is 0 Å². The first-order valence-corrected chi connectivity index (χ1v) is 9.33. The van der Waals surface area contributed by atoms with E-state index in [4.69, 9.17) is 4.99 Å². The van der Waals surface area contributed by atoms with Gasteiger partial charge in [-0.1, -0.05) is 91.9 Å². The normalized spacial score (nSPS) is 16.0. The van der Waals surface area contributed by atoms with Gasteiger partial charge in [0.25, 0.3) is 0 Å². The third-order valence-electron chi connectivity index (χ3n) is 5.00. The van der Waals surface area contributed by atoms with Crippen LogP contribution < -0.4 is 0 Å². The van der Waals surface area contributed by atoms with Crippen molar-refractivity contribution < 1.29 is 0 Å². The molecule has 0 spiro atoms. The first-order chi connectivity index (χ1) is 12.8. The van der Waals surface area contributed by atoms with Gasteiger partial charge in [-0.05, 0) is 22.3 Å². The van der Waals surface area contributed by atoms with Crippen LogP contribution >= 0.6 is 12.4 Å². The summed E-state index contributed by atoms with van der Waals surface area (Å²) in [5, 5.41) is 0. The van der Waals surface area contributed by atoms with Crippen molar-refractivity contribution in [3.05, 3.63) is 107 Å². The van der Waals surface area contributed by atoms with Crippen molar-refractivity contribution in [2.45, 2.75) is 32.5 Å². The zero-order valence-corrected chi connectivity index (χ0v) is 16.4. The van der Waals surface area contributed by atoms with Crippen LogP contribution in [0.2, 0.25) is 0 Å². The lowest BCUT2D eigenvalue weighted by molar-refractivity contribution is 0.400. The number of rotatable bonds is 4. The predicted molar refractivity (Wildman–Crippen MR) is 115 cm³/mol. The molecule has 0 aliphatic carbocycles. The van der Waals surface area contributed by atoms with Gasteiger partial charge in [-0.2, -0.15) is 0 Å². The first kappa shape index (κ1) is 19.2. The largest absolute Gasteiger partial charge is 0.352 e. The first-order valence-electron chi connectivity index (χ1n) is 9.33. The van der Waals surface area contributed by atoms with Gasteiger partial charge in [0, 0.05) is 19.5 Å². The number of halogens is 1. The lowest BCUT2D eigenvalue weighted by Crippen LogP contribution is -2.29. The Balaban J connectivity index is 0.00000210. The quantitative estimate of drug-likeness (QED) is 0.543. The maximum absolute atomic E-state index is 5.23. The average Bonchev–Trinajstić information content (AvgIpc) is 2.86. The zero-order valence-electron chi connectivity index (χ0n) is 15.6. The van der Waals surface area contributed by atoms with Crippen LogP contribution in [0.3, 0.4) is 0 Å². The summed E-state index contributed by atoms with van der Waals surface area (Å²) in [6.45, 7) is 4.00. The molecule has 3 aromatic rings. The molecule has 1 heterocycles. The van der Waals surface area contributed by atoms with E-state index in [1.54, 1.807) is 0 Å². The molecule has 0 fully saturated rings. The van der Waals surface area contributed by atoms with Crippen molar-refractivity contribution in [1.82, 2.24) is 4.90 Å². The van der Waals surface area contributed by atoms with Gasteiger partial charge in [0.2, 0.25) is 0 Å². The number of hydrogen-bond acceptors (Lipinski definition) is 2. The van der Waals surface area contributed by atoms with Crippen LogP contribution in [0.15, 0.2) is 89.9 Å². The third kappa shape index (κ3) is 4.23. The molecule has 138 valence electrons. The van der Waals surface area contributed by atoms with Crippen LogP contribution in [-0.4, -0.2) is 10.7 Å². The van der Waals surface area contributed by atoms with E-state index in [1.807, 2.05) is 0 Å². The molecular weight excluding hydrogens is 352 g/mol. The Hall–Kier alpha value is -2.58. The van der Waals surface area contributed by atoms with Gasteiger partial charge in [-0.3, -0.25) is 4.99 Å². The molecule has 2 nitrogen and oxygen atoms in total. The minimum absolute atomic E-state index is 0. The Bertz CT molecular complexity index is 891. The molecule has 1 aliphatic rings. The maximum atomic E-state index is 5.23. The Labute approximate surface area is 168 Å². The van der Waals surface area contributed by atoms with E-state index in [-0.39, 0.29) is 18.4 Å². The predicted octanol–water partition coefficient (Wildman–Crippen LogP) is 6.02. The smallest absolute Gasteiger partial charge is 0.102 e. The molecule has 0 saturated carbocycles. The second-order valence-electron chi connectivity index (χ2n) is 6.75. The Morgan fingerprint density at radius 3 is 2.19 bits per heavy atom. The Kier molecular flexibility index (Phi) is 6.31. The van der Waals surface area contributed by atoms with Gasteiger partial charge in [0.1, 0.15) is 11.9 Å². The van der Waals surface area contributed by atoms with Crippen molar-refractivity contribution in [2.75, 3.05) is 0 Å². The SMILES string of the molecule is CCC1=NC(c2ccccc2)c2ccccc2CN1Cc1ccccc1.Cl. The molecule has 1 unspecified atom stereocenters. The Morgan fingerprint density at radius 1 is 0.852 bits per heavy atom. The molecule has 0 radical (unpaired) electrons. The van der Waals surface area contributed by atoms with Crippen molar-refractivity contribution in [2.24, 2.45) is 4.99 Å². The fourth-order valence-corrected chi connectivity index (χ4v) is 3.70. The summed E-state index contributed by atoms with van der Waals surface area (Å²) in [6, 6.07) is 30.1. The summed E-state index contributed by atoms with van der Waals surface area (Å²) in [5.41, 5.74) is 5.27. The van der Waals surface area contributed by atoms with E-state index in [1.165, 1.54) is 28.1 Å². The fraction of sp³-hybridized carbons (Fsp3) is 0.208. The Morgan fingerprint density at radius 2 is 1.48 bits per heavy atom. The third-order valence-corrected chi connectivity index (χ3v) is 5.00. The van der Waals surface area contributed by atoms with E-state index in [2.05, 4.69) is 96.8 Å². The maximum Gasteiger partial charge on any atom is 0.102 e. The van der Waals surface area contributed by atoms with Crippen LogP contribution in [-0.2, 0) is 13.1 Å². The van der Waals surface area contributed by atoms with Crippen LogP contribution in [0.4, 0.5) is 0 Å². The summed E-state index contributed by atoms with van der Waals surface area (Å²) in [5.74, 6) is 1.18. The van der Waals surface area contributed by atoms with Crippen molar-refractivity contribution in [1.29, 1.82) is 0 Å². The minimum atomic E-state index is 0. The van der Waals surface area contributed by atoms with Crippen LogP contribution in [0.25, 0.3) is 0 Å². The summed E-state index contributed by atoms with van der Waals surface area (Å²) >= 11 is 0. The van der Waals surface area contributed by atoms with Gasteiger partial charge in [-0.15, -0.1) is 12.4 Å². The molecule has 1 aliphatic heterocycles. The molecule has 0 amide bonds. The number of hydrogen-bond donors (Lipinski definition) is 0. The molecule has 3 heteroatoms. The van der Waals surface area contributed by atoms with Crippen LogP contribution in [0.5, 0.6) is 0 Å². The fourth-order valence-electron chi connectivity index (χ4n) is 3.70. The van der Waals surface area contributed by atoms with Crippen molar-refractivity contribution >= 4 is 18.2 Å². The average molecular weight is 377 g/mol. The number of aliphatic imine (C=N–C) groups is 1. The van der Waals surface area contributed by atoms with E-state index in [0.717, 1.165) is 19.5 Å². The van der Waals surface area contributed by atoms with Gasteiger partial charge < -0.3 is 4.90 Å². The number of amidine groups is 1. The summed E-state index contributed by atoms with van der Waals surface area (Å²) in [7, 11) is 0. The molecule has 0 aromatic heterocycles. The van der Waals surface area contributed by atoms with Gasteiger partial charge in [-0.25, -0.2) is 0 Å². The standard InChI is InChI=1S/C24H24N2.ClH/c1-2-23-25-24(20-13-7-4-8-14-20)22-16-10-9-15-21(22)18-26(23)17-19-11-5-3-6-12-19;/h3-16,24H,2,17-18H2,1H3;1H. The lowest BCUT2D eigenvalue weighted by atomic mass is 9.95. The van der Waals surface area contributed by atoms with Gasteiger partial charge in [0.05, 0.1) is 0 Å². The summed E-state index contributed by atoms with van der Waals surface area (Å²) < 4.78 is 0. The molecule has 4 rings (SSSR count). The molecular formula is C24H25ClN2. The molecule has 0 N–H and O–H groups in total. The monoisotopic (exact) mass is 376 g/mol. The van der Waals surface area contributed by atoms with E-state index in [9.17, 15) is 0 Å². The molecule has 3 aromatic carbocycles. The zero-order chi connectivity index (χ0) is 17.8. The van der Waals surface area contributed by atoms with Gasteiger partial charge >= 0.3 is 0 Å². The van der Waals surface area contributed by atoms with Crippen LogP contribution in [0.1, 0.15) is 41.6 Å². The highest BCUT2D eigenvalue weighted by Crippen LogP contribution is 2.33. The second-order valence-corrected chi connectivity index (χ2v) is 6.75. The second kappa shape index (κ2) is 8.88. The van der Waals surface area contributed by atoms with E-state index < -0.39 is 0 Å². The summed E-state index contributed by atoms with van der Waals surface area (Å²) in [6.07, 6.45) is 0.935.